The molecule has 5 amide bonds. The van der Waals surface area contributed by atoms with Gasteiger partial charge >= 0.3 is 6.09 Å². The molecule has 2 saturated heterocycles. The molecule has 5 heterocycles. The molecule has 330 valence electrons. The quantitative estimate of drug-likeness (QED) is 0.137. The van der Waals surface area contributed by atoms with E-state index in [4.69, 9.17) is 9.47 Å². The number of phenolic OH excluding ortho intramolecular Hbond substituents is 1. The summed E-state index contributed by atoms with van der Waals surface area (Å²) in [4.78, 5) is 69.9. The summed E-state index contributed by atoms with van der Waals surface area (Å²) in [7, 11) is 0. The number of phenols is 1. The molecule has 2 aromatic heterocycles. The maximum absolute atomic E-state index is 13.8. The minimum Gasteiger partial charge on any atom is -0.507 e. The fourth-order valence-electron chi connectivity index (χ4n) is 9.10. The van der Waals surface area contributed by atoms with Gasteiger partial charge in [-0.2, -0.15) is 5.10 Å². The van der Waals surface area contributed by atoms with E-state index in [0.717, 1.165) is 48.2 Å². The number of ether oxygens (including phenoxy) is 2. The van der Waals surface area contributed by atoms with Crippen LogP contribution < -0.4 is 30.5 Å². The van der Waals surface area contributed by atoms with Crippen molar-refractivity contribution >= 4 is 46.9 Å². The Morgan fingerprint density at radius 3 is 2.50 bits per heavy atom. The number of carbonyl (C=O) groups is 5. The van der Waals surface area contributed by atoms with E-state index in [9.17, 15) is 29.1 Å². The fraction of sp³-hybridized carbons (Fsp3) is 0.348. The van der Waals surface area contributed by atoms with Crippen LogP contribution in [0.3, 0.4) is 0 Å². The number of fused-ring (bicyclic) bond motifs is 1. The number of nitrogens with zero attached hydrogens (tertiary/aromatic N) is 7. The van der Waals surface area contributed by atoms with E-state index in [2.05, 4.69) is 47.1 Å². The molecular formula is C46H48N10O8. The van der Waals surface area contributed by atoms with Gasteiger partial charge in [0, 0.05) is 31.1 Å². The van der Waals surface area contributed by atoms with E-state index in [0.29, 0.717) is 61.7 Å². The Morgan fingerprint density at radius 2 is 1.70 bits per heavy atom. The molecule has 0 unspecified atom stereocenters. The average molecular weight is 869 g/mol. The molecule has 64 heavy (non-hydrogen) atoms. The summed E-state index contributed by atoms with van der Waals surface area (Å²) in [6, 6.07) is 23.4. The number of imide groups is 1. The number of rotatable bonds is 11. The van der Waals surface area contributed by atoms with Crippen molar-refractivity contribution in [1.29, 1.82) is 0 Å². The van der Waals surface area contributed by atoms with Crippen LogP contribution in [0.4, 0.5) is 22.0 Å². The monoisotopic (exact) mass is 868 g/mol. The largest absolute Gasteiger partial charge is 0.507 e. The zero-order valence-corrected chi connectivity index (χ0v) is 35.0. The van der Waals surface area contributed by atoms with Gasteiger partial charge in [0.15, 0.2) is 5.82 Å². The summed E-state index contributed by atoms with van der Waals surface area (Å²) in [5.41, 5.74) is 4.45. The summed E-state index contributed by atoms with van der Waals surface area (Å²) in [6.07, 6.45) is 7.00. The third-order valence-electron chi connectivity index (χ3n) is 12.3. The number of alkyl carbamates (subject to hydrolysis) is 1. The summed E-state index contributed by atoms with van der Waals surface area (Å²) in [5.74, 6) is -0.0171. The molecule has 4 N–H and O–H groups in total. The fourth-order valence-corrected chi connectivity index (χ4v) is 9.10. The Labute approximate surface area is 368 Å². The predicted octanol–water partition coefficient (Wildman–Crippen LogP) is 4.28. The summed E-state index contributed by atoms with van der Waals surface area (Å²) < 4.78 is 13.0. The molecule has 1 aliphatic carbocycles. The number of piperidine rings is 1. The van der Waals surface area contributed by atoms with Crippen LogP contribution in [-0.2, 0) is 30.5 Å². The van der Waals surface area contributed by atoms with Crippen molar-refractivity contribution in [2.24, 2.45) is 0 Å². The van der Waals surface area contributed by atoms with Crippen LogP contribution in [-0.4, -0.2) is 111 Å². The maximum atomic E-state index is 13.8. The van der Waals surface area contributed by atoms with Crippen LogP contribution in [0.5, 0.6) is 11.5 Å². The van der Waals surface area contributed by atoms with Gasteiger partial charge in [-0.15, -0.1) is 10.2 Å². The Bertz CT molecular complexity index is 2560. The number of para-hydroxylation sites is 2. The van der Waals surface area contributed by atoms with Gasteiger partial charge in [-0.25, -0.2) is 9.48 Å². The van der Waals surface area contributed by atoms with Crippen molar-refractivity contribution in [3.8, 4) is 28.4 Å². The molecule has 9 rings (SSSR count). The lowest BCUT2D eigenvalue weighted by molar-refractivity contribution is -0.134. The van der Waals surface area contributed by atoms with Gasteiger partial charge in [-0.05, 0) is 73.4 Å². The highest BCUT2D eigenvalue weighted by Crippen LogP contribution is 2.45. The first-order chi connectivity index (χ1) is 31.2. The number of hydrogen-bond donors (Lipinski definition) is 4. The topological polar surface area (TPSA) is 213 Å². The molecular weight excluding hydrogens is 821 g/mol. The average Bonchev–Trinajstić information content (AvgIpc) is 3.80. The van der Waals surface area contributed by atoms with Gasteiger partial charge in [0.25, 0.3) is 0 Å². The second kappa shape index (κ2) is 18.6. The second-order valence-electron chi connectivity index (χ2n) is 16.3. The molecule has 0 radical (unpaired) electrons. The van der Waals surface area contributed by atoms with Gasteiger partial charge in [-0.1, -0.05) is 54.6 Å². The number of piperazine rings is 1. The van der Waals surface area contributed by atoms with Crippen LogP contribution in [0, 0.1) is 0 Å². The first kappa shape index (κ1) is 42.0. The van der Waals surface area contributed by atoms with Crippen LogP contribution in [0.1, 0.15) is 55.6 Å². The highest BCUT2D eigenvalue weighted by atomic mass is 16.5. The number of amides is 5. The van der Waals surface area contributed by atoms with E-state index < -0.39 is 24.6 Å². The van der Waals surface area contributed by atoms with Gasteiger partial charge in [-0.3, -0.25) is 29.4 Å². The van der Waals surface area contributed by atoms with Gasteiger partial charge in [0.2, 0.25) is 23.6 Å². The summed E-state index contributed by atoms with van der Waals surface area (Å²) >= 11 is 0. The number of carbonyl (C=O) groups excluding carboxylic acids is 5. The Hall–Kier alpha value is -7.34. The molecule has 18 nitrogen and oxygen atoms in total. The van der Waals surface area contributed by atoms with E-state index >= 15 is 0 Å². The minimum absolute atomic E-state index is 0.0118. The number of aromatic hydroxyl groups is 1. The Kier molecular flexibility index (Phi) is 12.2. The number of benzene rings is 3. The smallest absolute Gasteiger partial charge is 0.407 e. The van der Waals surface area contributed by atoms with Crippen LogP contribution in [0.25, 0.3) is 16.9 Å². The number of nitrogens with one attached hydrogen (secondary N) is 3. The van der Waals surface area contributed by atoms with E-state index in [-0.39, 0.29) is 54.4 Å². The van der Waals surface area contributed by atoms with Crippen molar-refractivity contribution < 1.29 is 38.6 Å². The van der Waals surface area contributed by atoms with Crippen molar-refractivity contribution in [2.75, 3.05) is 54.4 Å². The molecule has 1 atom stereocenters. The van der Waals surface area contributed by atoms with Gasteiger partial charge in [0.05, 0.1) is 42.6 Å². The standard InChI is InChI=1S/C46H48N10O8/c57-39-12-5-4-9-34(39)35-23-38(44(52-51-35)49-41(59)25-47-46(62)64-28-29-7-2-1-3-8-29)56-26-32(24-48-56)54-20-19-53(27-42(54)60)31-15-13-30(14-16-31)33-10-6-11-36-43(33)63-22-21-55(36)37-17-18-40(58)50-45(37)61/h1-12,23-24,26,30-31,37,57H,13-22,25,27-28H2,(H,47,62)(H,49,52,59)(H,50,58,61)/t30?,31?,37-/m0/s1. The van der Waals surface area contributed by atoms with Crippen LogP contribution in [0.15, 0.2) is 91.3 Å². The lowest BCUT2D eigenvalue weighted by Crippen LogP contribution is -2.54. The number of anilines is 3. The van der Waals surface area contributed by atoms with E-state index in [1.807, 2.05) is 42.5 Å². The Morgan fingerprint density at radius 1 is 0.891 bits per heavy atom. The van der Waals surface area contributed by atoms with E-state index in [1.165, 1.54) is 10.7 Å². The summed E-state index contributed by atoms with van der Waals surface area (Å²) in [5, 5.41) is 31.3. The molecule has 3 aliphatic heterocycles. The third kappa shape index (κ3) is 9.08. The van der Waals surface area contributed by atoms with Crippen molar-refractivity contribution in [1.82, 2.24) is 35.5 Å². The first-order valence-electron chi connectivity index (χ1n) is 21.5. The second-order valence-corrected chi connectivity index (χ2v) is 16.3. The highest BCUT2D eigenvalue weighted by molar-refractivity contribution is 6.02. The molecule has 1 saturated carbocycles. The molecule has 4 aliphatic rings. The highest BCUT2D eigenvalue weighted by Gasteiger charge is 2.38. The normalized spacial score (nSPS) is 20.2. The molecule has 18 heteroatoms. The predicted molar refractivity (Wildman–Crippen MR) is 234 cm³/mol. The van der Waals surface area contributed by atoms with Crippen LogP contribution >= 0.6 is 0 Å². The lowest BCUT2D eigenvalue weighted by atomic mass is 9.80. The van der Waals surface area contributed by atoms with Crippen LogP contribution in [0.2, 0.25) is 0 Å². The Balaban J connectivity index is 0.837. The van der Waals surface area contributed by atoms with E-state index in [1.54, 1.807) is 41.6 Å². The van der Waals surface area contributed by atoms with Crippen molar-refractivity contribution in [3.05, 3.63) is 102 Å². The zero-order valence-electron chi connectivity index (χ0n) is 35.0. The SMILES string of the molecule is O=C1CC[C@H](N2CCOc3c(C4CCC(N5CCN(c6cnn(-c7cc(-c8ccccc8O)nnc7NC(=O)CNC(=O)OCc7ccccc7)c6)C(=O)C5)CC4)cccc32)C(=O)N1. The zero-order chi connectivity index (χ0) is 44.2. The third-order valence-corrected chi connectivity index (χ3v) is 12.3. The molecule has 0 bridgehead atoms. The summed E-state index contributed by atoms with van der Waals surface area (Å²) in [6.45, 7) is 2.05. The molecule has 0 spiro atoms. The number of aromatic nitrogens is 4. The van der Waals surface area contributed by atoms with Crippen molar-refractivity contribution in [3.63, 3.8) is 0 Å². The van der Waals surface area contributed by atoms with Gasteiger partial charge in [0.1, 0.15) is 43.0 Å². The molecule has 3 fully saturated rings. The van der Waals surface area contributed by atoms with Crippen molar-refractivity contribution in [2.45, 2.75) is 63.1 Å². The molecule has 3 aromatic carbocycles. The first-order valence-corrected chi connectivity index (χ1v) is 21.5. The molecule has 5 aromatic rings. The number of hydrogen-bond acceptors (Lipinski definition) is 13. The maximum Gasteiger partial charge on any atom is 0.407 e. The van der Waals surface area contributed by atoms with Gasteiger partial charge < -0.3 is 35.0 Å². The minimum atomic E-state index is -0.767. The lowest BCUT2D eigenvalue weighted by Gasteiger charge is -2.42.